The van der Waals surface area contributed by atoms with E-state index >= 15 is 0 Å². The minimum atomic E-state index is 0.125. The fourth-order valence-electron chi connectivity index (χ4n) is 1.37. The minimum Gasteiger partial charge on any atom is -0.346 e. The second-order valence-corrected chi connectivity index (χ2v) is 3.59. The lowest BCUT2D eigenvalue weighted by Crippen LogP contribution is -2.32. The molecule has 3 nitrogen and oxygen atoms in total. The van der Waals surface area contributed by atoms with Gasteiger partial charge in [-0.3, -0.25) is 4.79 Å². The molecule has 0 aromatic rings. The van der Waals surface area contributed by atoms with E-state index in [1.807, 2.05) is 14.0 Å². The zero-order valence-corrected chi connectivity index (χ0v) is 9.05. The van der Waals surface area contributed by atoms with Gasteiger partial charge in [0.2, 0.25) is 5.91 Å². The van der Waals surface area contributed by atoms with Crippen molar-refractivity contribution >= 4 is 5.91 Å². The highest BCUT2D eigenvalue weighted by atomic mass is 16.2. The quantitative estimate of drug-likeness (QED) is 0.678. The number of nitrogens with two attached hydrogens (primary N) is 1. The number of rotatable bonds is 6. The third-order valence-corrected chi connectivity index (χ3v) is 2.20. The molecule has 0 aromatic heterocycles. The fraction of sp³-hybridized carbons (Fsp3) is 0.900. The molecular weight excluding hydrogens is 164 g/mol. The Labute approximate surface area is 81.3 Å². The smallest absolute Gasteiger partial charge is 0.225 e. The van der Waals surface area contributed by atoms with E-state index in [1.54, 1.807) is 4.90 Å². The van der Waals surface area contributed by atoms with E-state index in [4.69, 9.17) is 5.73 Å². The third kappa shape index (κ3) is 4.88. The Morgan fingerprint density at radius 2 is 2.15 bits per heavy atom. The summed E-state index contributed by atoms with van der Waals surface area (Å²) in [6.07, 6.45) is 2.86. The van der Waals surface area contributed by atoms with Crippen molar-refractivity contribution in [3.8, 4) is 0 Å². The molecule has 13 heavy (non-hydrogen) atoms. The molecule has 0 aliphatic carbocycles. The molecule has 1 atom stereocenters. The van der Waals surface area contributed by atoms with Crippen molar-refractivity contribution in [2.75, 3.05) is 20.1 Å². The van der Waals surface area contributed by atoms with Crippen LogP contribution in [0.4, 0.5) is 0 Å². The topological polar surface area (TPSA) is 46.3 Å². The zero-order valence-electron chi connectivity index (χ0n) is 9.05. The van der Waals surface area contributed by atoms with Gasteiger partial charge in [0.25, 0.3) is 0 Å². The number of amides is 1. The van der Waals surface area contributed by atoms with Gasteiger partial charge in [-0.05, 0) is 25.8 Å². The molecule has 1 unspecified atom stereocenters. The fourth-order valence-corrected chi connectivity index (χ4v) is 1.37. The van der Waals surface area contributed by atoms with Crippen molar-refractivity contribution in [1.29, 1.82) is 0 Å². The first-order valence-corrected chi connectivity index (χ1v) is 5.08. The highest BCUT2D eigenvalue weighted by Gasteiger charge is 2.15. The summed E-state index contributed by atoms with van der Waals surface area (Å²) >= 11 is 0. The van der Waals surface area contributed by atoms with Crippen molar-refractivity contribution in [2.45, 2.75) is 33.1 Å². The summed E-state index contributed by atoms with van der Waals surface area (Å²) in [5, 5.41) is 0. The van der Waals surface area contributed by atoms with Crippen LogP contribution in [0.1, 0.15) is 33.1 Å². The summed E-state index contributed by atoms with van der Waals surface area (Å²) in [6, 6.07) is 0. The highest BCUT2D eigenvalue weighted by Crippen LogP contribution is 2.08. The molecule has 0 rings (SSSR count). The summed E-state index contributed by atoms with van der Waals surface area (Å²) in [5.41, 5.74) is 5.39. The lowest BCUT2D eigenvalue weighted by atomic mass is 10.0. The molecule has 0 saturated carbocycles. The van der Waals surface area contributed by atoms with E-state index in [0.717, 1.165) is 25.8 Å². The molecule has 2 N–H and O–H groups in total. The Kier molecular flexibility index (Phi) is 6.59. The van der Waals surface area contributed by atoms with Crippen LogP contribution in [0.25, 0.3) is 0 Å². The van der Waals surface area contributed by atoms with E-state index in [0.29, 0.717) is 6.54 Å². The van der Waals surface area contributed by atoms with Crippen LogP contribution in [0, 0.1) is 5.92 Å². The SMILES string of the molecule is CCCN(C)C(=O)C(C)CCCN. The Bertz CT molecular complexity index is 148. The lowest BCUT2D eigenvalue weighted by molar-refractivity contribution is -0.133. The minimum absolute atomic E-state index is 0.125. The van der Waals surface area contributed by atoms with E-state index in [-0.39, 0.29) is 11.8 Å². The molecule has 0 aromatic carbocycles. The predicted octanol–water partition coefficient (Wildman–Crippen LogP) is 1.23. The Hall–Kier alpha value is -0.570. The first kappa shape index (κ1) is 12.4. The standard InChI is InChI=1S/C10H22N2O/c1-4-8-12(3)10(13)9(2)6-5-7-11/h9H,4-8,11H2,1-3H3. The Balaban J connectivity index is 3.79. The van der Waals surface area contributed by atoms with Gasteiger partial charge in [-0.2, -0.15) is 0 Å². The monoisotopic (exact) mass is 186 g/mol. The van der Waals surface area contributed by atoms with E-state index < -0.39 is 0 Å². The Morgan fingerprint density at radius 3 is 2.62 bits per heavy atom. The van der Waals surface area contributed by atoms with Gasteiger partial charge in [-0.1, -0.05) is 13.8 Å². The summed E-state index contributed by atoms with van der Waals surface area (Å²) in [5.74, 6) is 0.371. The molecule has 0 aliphatic heterocycles. The van der Waals surface area contributed by atoms with E-state index in [9.17, 15) is 4.79 Å². The maximum absolute atomic E-state index is 11.6. The van der Waals surface area contributed by atoms with Crippen LogP contribution >= 0.6 is 0 Å². The number of carbonyl (C=O) groups is 1. The van der Waals surface area contributed by atoms with Crippen LogP contribution in [0.3, 0.4) is 0 Å². The molecule has 0 spiro atoms. The van der Waals surface area contributed by atoms with Crippen LogP contribution in [-0.2, 0) is 4.79 Å². The first-order valence-electron chi connectivity index (χ1n) is 5.08. The average Bonchev–Trinajstić information content (AvgIpc) is 2.13. The van der Waals surface area contributed by atoms with Crippen LogP contribution in [-0.4, -0.2) is 30.9 Å². The number of hydrogen-bond acceptors (Lipinski definition) is 2. The van der Waals surface area contributed by atoms with Crippen LogP contribution in [0.15, 0.2) is 0 Å². The zero-order chi connectivity index (χ0) is 10.3. The maximum Gasteiger partial charge on any atom is 0.225 e. The van der Waals surface area contributed by atoms with Gasteiger partial charge in [-0.15, -0.1) is 0 Å². The molecule has 0 fully saturated rings. The highest BCUT2D eigenvalue weighted by molar-refractivity contribution is 5.78. The second-order valence-electron chi connectivity index (χ2n) is 3.59. The molecule has 0 heterocycles. The molecule has 78 valence electrons. The van der Waals surface area contributed by atoms with Crippen molar-refractivity contribution < 1.29 is 4.79 Å². The van der Waals surface area contributed by atoms with Gasteiger partial charge in [0.05, 0.1) is 0 Å². The molecule has 0 aliphatic rings. The summed E-state index contributed by atoms with van der Waals surface area (Å²) in [6.45, 7) is 5.58. The van der Waals surface area contributed by atoms with Crippen molar-refractivity contribution in [2.24, 2.45) is 11.7 Å². The number of hydrogen-bond donors (Lipinski definition) is 1. The molecular formula is C10H22N2O. The molecule has 3 heteroatoms. The third-order valence-electron chi connectivity index (χ3n) is 2.20. The molecule has 0 radical (unpaired) electrons. The maximum atomic E-state index is 11.6. The van der Waals surface area contributed by atoms with Crippen LogP contribution < -0.4 is 5.73 Å². The summed E-state index contributed by atoms with van der Waals surface area (Å²) < 4.78 is 0. The molecule has 1 amide bonds. The van der Waals surface area contributed by atoms with Crippen molar-refractivity contribution in [1.82, 2.24) is 4.90 Å². The lowest BCUT2D eigenvalue weighted by Gasteiger charge is -2.20. The largest absolute Gasteiger partial charge is 0.346 e. The van der Waals surface area contributed by atoms with Crippen LogP contribution in [0.5, 0.6) is 0 Å². The van der Waals surface area contributed by atoms with Gasteiger partial charge in [0.1, 0.15) is 0 Å². The summed E-state index contributed by atoms with van der Waals surface area (Å²) in [7, 11) is 1.87. The Morgan fingerprint density at radius 1 is 1.54 bits per heavy atom. The van der Waals surface area contributed by atoms with Gasteiger partial charge < -0.3 is 10.6 Å². The number of carbonyl (C=O) groups excluding carboxylic acids is 1. The number of nitrogens with zero attached hydrogens (tertiary/aromatic N) is 1. The first-order chi connectivity index (χ1) is 6.13. The van der Waals surface area contributed by atoms with E-state index in [2.05, 4.69) is 6.92 Å². The summed E-state index contributed by atoms with van der Waals surface area (Å²) in [4.78, 5) is 13.4. The van der Waals surface area contributed by atoms with Gasteiger partial charge >= 0.3 is 0 Å². The normalized spacial score (nSPS) is 12.6. The van der Waals surface area contributed by atoms with E-state index in [1.165, 1.54) is 0 Å². The van der Waals surface area contributed by atoms with Crippen LogP contribution in [0.2, 0.25) is 0 Å². The molecule has 0 saturated heterocycles. The molecule has 0 bridgehead atoms. The van der Waals surface area contributed by atoms with Gasteiger partial charge in [0.15, 0.2) is 0 Å². The van der Waals surface area contributed by atoms with Crippen molar-refractivity contribution in [3.63, 3.8) is 0 Å². The van der Waals surface area contributed by atoms with Gasteiger partial charge in [0, 0.05) is 19.5 Å². The predicted molar refractivity (Wildman–Crippen MR) is 55.4 cm³/mol. The second kappa shape index (κ2) is 6.89. The van der Waals surface area contributed by atoms with Crippen molar-refractivity contribution in [3.05, 3.63) is 0 Å². The van der Waals surface area contributed by atoms with Gasteiger partial charge in [-0.25, -0.2) is 0 Å². The average molecular weight is 186 g/mol.